The maximum atomic E-state index is 4.66. The molecule has 0 heterocycles. The standard InChI is InChI=1S/C3H6S2.CH4.3Ar/c1-3(4)5-2;;;;/h1-2H3;1H4;;;. The van der Waals surface area contributed by atoms with E-state index in [9.17, 15) is 0 Å². The maximum absolute atomic E-state index is 4.66. The summed E-state index contributed by atoms with van der Waals surface area (Å²) in [6.07, 6.45) is 1.97. The molecule has 9 heavy (non-hydrogen) atoms. The molecule has 0 aliphatic heterocycles. The smallest absolute Gasteiger partial charge is 0.0444 e. The summed E-state index contributed by atoms with van der Waals surface area (Å²) in [5, 5.41) is 0. The zero-order valence-electron chi connectivity index (χ0n) is 4.38. The van der Waals surface area contributed by atoms with E-state index in [0.29, 0.717) is 0 Å². The molecule has 0 rings (SSSR count). The van der Waals surface area contributed by atoms with Gasteiger partial charge in [0, 0.05) is 117 Å². The summed E-state index contributed by atoms with van der Waals surface area (Å²) in [6.45, 7) is 1.92. The van der Waals surface area contributed by atoms with E-state index in [4.69, 9.17) is 0 Å². The van der Waals surface area contributed by atoms with Crippen molar-refractivity contribution in [2.75, 3.05) is 6.26 Å². The summed E-state index contributed by atoms with van der Waals surface area (Å²) in [4.78, 5) is 0. The van der Waals surface area contributed by atoms with E-state index in [1.54, 1.807) is 11.8 Å². The van der Waals surface area contributed by atoms with Crippen LogP contribution in [0.25, 0.3) is 0 Å². The van der Waals surface area contributed by atoms with Crippen LogP contribution in [0.5, 0.6) is 0 Å². The Morgan fingerprint density at radius 2 is 1.33 bits per heavy atom. The number of hydrogen-bond donors (Lipinski definition) is 0. The molecule has 0 aromatic carbocycles. The van der Waals surface area contributed by atoms with Crippen molar-refractivity contribution in [3.05, 3.63) is 0 Å². The molecule has 0 N–H and O–H groups in total. The minimum Gasteiger partial charge on any atom is -0.123 e. The number of thioether (sulfide) groups is 1. The molecule has 0 atom stereocenters. The molecule has 0 spiro atoms. The van der Waals surface area contributed by atoms with Gasteiger partial charge < -0.3 is 0 Å². The summed E-state index contributed by atoms with van der Waals surface area (Å²) in [5.74, 6) is 0. The van der Waals surface area contributed by atoms with Gasteiger partial charge in [0.05, 0.1) is 0 Å². The normalized spacial score (nSPS) is 4.22. The Balaban J connectivity index is -0.0000000133. The Morgan fingerprint density at radius 1 is 1.22 bits per heavy atom. The Kier molecular flexibility index (Phi) is 73.9. The van der Waals surface area contributed by atoms with Crippen LogP contribution in [-0.2, 0) is 0 Å². The third kappa shape index (κ3) is 33.0. The van der Waals surface area contributed by atoms with Crippen LogP contribution < -0.4 is 0 Å². The van der Waals surface area contributed by atoms with E-state index in [-0.39, 0.29) is 121 Å². The molecule has 0 unspecified atom stereocenters. The monoisotopic (exact) mass is 242 g/mol. The fraction of sp³-hybridized carbons (Fsp3) is 0.750. The minimum absolute atomic E-state index is 0. The Hall–Kier alpha value is 4.22. The molecule has 5 heteroatoms. The summed E-state index contributed by atoms with van der Waals surface area (Å²) in [6, 6.07) is 0. The predicted octanol–water partition coefficient (Wildman–Crippen LogP) is 2.33. The van der Waals surface area contributed by atoms with Crippen LogP contribution in [0.4, 0.5) is 0 Å². The Morgan fingerprint density at radius 3 is 1.33 bits per heavy atom. The predicted molar refractivity (Wildman–Crippen MR) is 38.5 cm³/mol. The molecule has 0 bridgehead atoms. The molecule has 0 aromatic rings. The molecular weight excluding hydrogens is 232 g/mol. The van der Waals surface area contributed by atoms with Gasteiger partial charge in [0.1, 0.15) is 0 Å². The van der Waals surface area contributed by atoms with Gasteiger partial charge in [-0.3, -0.25) is 0 Å². The maximum Gasteiger partial charge on any atom is 0.0444 e. The van der Waals surface area contributed by atoms with Crippen LogP contribution in [0.15, 0.2) is 0 Å². The van der Waals surface area contributed by atoms with Crippen molar-refractivity contribution in [3.63, 3.8) is 0 Å². The molecule has 62 valence electrons. The fourth-order valence-electron chi connectivity index (χ4n) is 0. The van der Waals surface area contributed by atoms with E-state index < -0.39 is 0 Å². The molecule has 0 aromatic heterocycles. The zero-order valence-corrected chi connectivity index (χ0v) is 8.13. The van der Waals surface area contributed by atoms with Crippen LogP contribution in [-0.4, -0.2) is 10.5 Å². The van der Waals surface area contributed by atoms with E-state index >= 15 is 0 Å². The van der Waals surface area contributed by atoms with Crippen molar-refractivity contribution < 1.29 is 113 Å². The quantitative estimate of drug-likeness (QED) is 0.598. The topological polar surface area (TPSA) is 0 Å². The van der Waals surface area contributed by atoms with E-state index in [1.165, 1.54) is 0 Å². The molecule has 0 saturated carbocycles. The van der Waals surface area contributed by atoms with Gasteiger partial charge in [-0.15, -0.1) is 11.8 Å². The van der Waals surface area contributed by atoms with Gasteiger partial charge in [-0.05, 0) is 13.2 Å². The molecular formula is C4H10Ar3S2. The molecule has 0 amide bonds. The molecule has 0 radical (unpaired) electrons. The average Bonchev–Trinajstić information content (AvgIpc) is 1.38. The first-order valence-electron chi connectivity index (χ1n) is 1.32. The first-order valence-corrected chi connectivity index (χ1v) is 2.95. The Bertz CT molecular complexity index is 49.1. The van der Waals surface area contributed by atoms with Crippen molar-refractivity contribution in [2.45, 2.75) is 14.4 Å². The number of thiocarbonyl (C=S) groups is 1. The van der Waals surface area contributed by atoms with Gasteiger partial charge in [0.25, 0.3) is 0 Å². The fourth-order valence-corrected chi connectivity index (χ4v) is 0. The Labute approximate surface area is 158 Å². The van der Waals surface area contributed by atoms with Crippen molar-refractivity contribution in [2.24, 2.45) is 0 Å². The molecule has 0 aliphatic carbocycles. The number of hydrogen-bond acceptors (Lipinski definition) is 2. The first-order chi connectivity index (χ1) is 2.27. The second-order valence-electron chi connectivity index (χ2n) is 0.696. The first kappa shape index (κ1) is 29.2. The molecule has 0 fully saturated rings. The zero-order chi connectivity index (χ0) is 4.28. The second-order valence-corrected chi connectivity index (χ2v) is 2.59. The van der Waals surface area contributed by atoms with Crippen LogP contribution >= 0.6 is 24.0 Å². The van der Waals surface area contributed by atoms with Crippen LogP contribution in [0.1, 0.15) is 14.4 Å². The second kappa shape index (κ2) is 22.8. The molecule has 0 aliphatic rings. The minimum atomic E-state index is 0. The summed E-state index contributed by atoms with van der Waals surface area (Å²) in [7, 11) is 0. The summed E-state index contributed by atoms with van der Waals surface area (Å²) < 4.78 is 1.00. The largest absolute Gasteiger partial charge is 0.123 e. The van der Waals surface area contributed by atoms with Crippen LogP contribution in [0, 0.1) is 113 Å². The third-order valence-electron chi connectivity index (χ3n) is 0.287. The van der Waals surface area contributed by atoms with E-state index in [0.717, 1.165) is 4.20 Å². The van der Waals surface area contributed by atoms with Gasteiger partial charge in [0.15, 0.2) is 0 Å². The molecule has 0 saturated heterocycles. The third-order valence-corrected chi connectivity index (χ3v) is 1.36. The van der Waals surface area contributed by atoms with Crippen molar-refractivity contribution in [1.29, 1.82) is 0 Å². The SMILES string of the molecule is C.CSC(C)=S.[Ar].[Ar].[Ar]. The average molecular weight is 242 g/mol. The van der Waals surface area contributed by atoms with E-state index in [2.05, 4.69) is 12.2 Å². The summed E-state index contributed by atoms with van der Waals surface area (Å²) >= 11 is 6.27. The van der Waals surface area contributed by atoms with Gasteiger partial charge in [0.2, 0.25) is 0 Å². The van der Waals surface area contributed by atoms with Gasteiger partial charge >= 0.3 is 0 Å². The van der Waals surface area contributed by atoms with Crippen LogP contribution in [0.2, 0.25) is 0 Å². The van der Waals surface area contributed by atoms with E-state index in [1.807, 2.05) is 13.2 Å². The number of rotatable bonds is 0. The molecule has 0 nitrogen and oxygen atoms in total. The van der Waals surface area contributed by atoms with Crippen molar-refractivity contribution >= 4 is 28.2 Å². The van der Waals surface area contributed by atoms with Gasteiger partial charge in [-0.25, -0.2) is 0 Å². The summed E-state index contributed by atoms with van der Waals surface area (Å²) in [5.41, 5.74) is 0. The van der Waals surface area contributed by atoms with Gasteiger partial charge in [-0.2, -0.15) is 0 Å². The van der Waals surface area contributed by atoms with Crippen LogP contribution in [0.3, 0.4) is 0 Å². The van der Waals surface area contributed by atoms with Crippen molar-refractivity contribution in [1.82, 2.24) is 0 Å². The van der Waals surface area contributed by atoms with Gasteiger partial charge in [-0.1, -0.05) is 19.6 Å². The van der Waals surface area contributed by atoms with Crippen molar-refractivity contribution in [3.8, 4) is 0 Å².